The highest BCUT2D eigenvalue weighted by molar-refractivity contribution is 6.02. The van der Waals surface area contributed by atoms with Crippen molar-refractivity contribution in [1.82, 2.24) is 10.6 Å². The minimum Gasteiger partial charge on any atom is -0.382 e. The highest BCUT2D eigenvalue weighted by Gasteiger charge is 2.25. The van der Waals surface area contributed by atoms with Gasteiger partial charge in [0.15, 0.2) is 11.6 Å². The van der Waals surface area contributed by atoms with Crippen LogP contribution in [0, 0.1) is 0 Å². The zero-order valence-electron chi connectivity index (χ0n) is 18.2. The normalized spacial score (nSPS) is 12.1. The number of Topliss-reactive ketones (excluding diaryl/α,β-unsaturated/α-hetero) is 2. The fraction of sp³-hybridized carbons (Fsp3) is 0.417. The molecule has 2 rings (SSSR count). The molecule has 0 aliphatic heterocycles. The van der Waals surface area contributed by atoms with Gasteiger partial charge in [-0.05, 0) is 51.0 Å². The summed E-state index contributed by atoms with van der Waals surface area (Å²) in [5, 5.41) is 26.4. The van der Waals surface area contributed by atoms with Gasteiger partial charge in [-0.3, -0.25) is 9.59 Å². The van der Waals surface area contributed by atoms with Gasteiger partial charge >= 0.3 is 0 Å². The minimum atomic E-state index is -1.38. The van der Waals surface area contributed by atoms with Gasteiger partial charge in [-0.2, -0.15) is 0 Å². The second kappa shape index (κ2) is 10.1. The van der Waals surface area contributed by atoms with Crippen molar-refractivity contribution in [2.24, 2.45) is 0 Å². The van der Waals surface area contributed by atoms with Crippen molar-refractivity contribution in [2.45, 2.75) is 52.0 Å². The number of rotatable bonds is 11. The number of hydrogen-bond donors (Lipinski definition) is 4. The zero-order valence-corrected chi connectivity index (χ0v) is 18.2. The van der Waals surface area contributed by atoms with E-state index >= 15 is 0 Å². The molecule has 6 nitrogen and oxygen atoms in total. The van der Waals surface area contributed by atoms with Crippen LogP contribution in [0.3, 0.4) is 0 Å². The first-order chi connectivity index (χ1) is 14.0. The van der Waals surface area contributed by atoms with Crippen LogP contribution in [0.15, 0.2) is 48.5 Å². The molecule has 0 radical (unpaired) electrons. The Bertz CT molecular complexity index is 806. The predicted octanol–water partition coefficient (Wildman–Crippen LogP) is 2.47. The van der Waals surface area contributed by atoms with Gasteiger partial charge in [0.25, 0.3) is 0 Å². The third-order valence-electron chi connectivity index (χ3n) is 4.63. The summed E-state index contributed by atoms with van der Waals surface area (Å²) >= 11 is 0. The molecule has 0 amide bonds. The summed E-state index contributed by atoms with van der Waals surface area (Å²) in [6.45, 7) is 8.64. The number of nitrogens with one attached hydrogen (secondary N) is 2. The van der Waals surface area contributed by atoms with Crippen LogP contribution in [-0.4, -0.2) is 46.1 Å². The van der Waals surface area contributed by atoms with Crippen LogP contribution in [0.2, 0.25) is 0 Å². The third-order valence-corrected chi connectivity index (χ3v) is 4.63. The maximum Gasteiger partial charge on any atom is 0.193 e. The fourth-order valence-electron chi connectivity index (χ4n) is 2.99. The summed E-state index contributed by atoms with van der Waals surface area (Å²) < 4.78 is 0. The first-order valence-electron chi connectivity index (χ1n) is 10.1. The Labute approximate surface area is 178 Å². The van der Waals surface area contributed by atoms with Crippen LogP contribution < -0.4 is 10.6 Å². The number of aliphatic hydroxyl groups is 2. The van der Waals surface area contributed by atoms with E-state index in [9.17, 15) is 19.8 Å². The van der Waals surface area contributed by atoms with Gasteiger partial charge in [-0.1, -0.05) is 36.4 Å². The molecule has 0 aliphatic rings. The molecular weight excluding hydrogens is 380 g/mol. The number of carbonyl (C=O) groups excluding carboxylic acids is 2. The van der Waals surface area contributed by atoms with E-state index < -0.39 is 11.2 Å². The van der Waals surface area contributed by atoms with Crippen molar-refractivity contribution in [1.29, 1.82) is 0 Å². The minimum absolute atomic E-state index is 0.295. The molecular formula is C24H32N2O4. The van der Waals surface area contributed by atoms with Crippen molar-refractivity contribution in [3.8, 4) is 0 Å². The molecule has 6 heteroatoms. The molecule has 0 bridgehead atoms. The number of ketones is 2. The first-order valence-corrected chi connectivity index (χ1v) is 10.1. The number of benzene rings is 2. The Morgan fingerprint density at radius 3 is 1.43 bits per heavy atom. The van der Waals surface area contributed by atoms with E-state index in [1.807, 2.05) is 24.3 Å². The van der Waals surface area contributed by atoms with Crippen molar-refractivity contribution in [2.75, 3.05) is 13.1 Å². The molecule has 0 heterocycles. The van der Waals surface area contributed by atoms with Gasteiger partial charge in [-0.15, -0.1) is 0 Å². The van der Waals surface area contributed by atoms with Crippen LogP contribution in [0.25, 0.3) is 0 Å². The molecule has 0 saturated carbocycles. The summed E-state index contributed by atoms with van der Waals surface area (Å²) in [5.74, 6) is -0.590. The topological polar surface area (TPSA) is 98.7 Å². The molecule has 0 aliphatic carbocycles. The monoisotopic (exact) mass is 412 g/mol. The lowest BCUT2D eigenvalue weighted by atomic mass is 9.95. The van der Waals surface area contributed by atoms with E-state index in [-0.39, 0.29) is 11.6 Å². The Morgan fingerprint density at radius 1 is 0.733 bits per heavy atom. The molecule has 0 aromatic heterocycles. The highest BCUT2D eigenvalue weighted by atomic mass is 16.3. The molecule has 2 aromatic carbocycles. The van der Waals surface area contributed by atoms with Crippen molar-refractivity contribution in [3.63, 3.8) is 0 Å². The zero-order chi connectivity index (χ0) is 22.4. The van der Waals surface area contributed by atoms with Gasteiger partial charge in [0, 0.05) is 37.3 Å². The largest absolute Gasteiger partial charge is 0.382 e. The van der Waals surface area contributed by atoms with Gasteiger partial charge in [-0.25, -0.2) is 0 Å². The van der Waals surface area contributed by atoms with E-state index in [0.29, 0.717) is 24.2 Å². The van der Waals surface area contributed by atoms with Crippen LogP contribution in [0.4, 0.5) is 0 Å². The fourth-order valence-corrected chi connectivity index (χ4v) is 2.99. The second-order valence-corrected chi connectivity index (χ2v) is 8.53. The number of hydrogen-bond acceptors (Lipinski definition) is 6. The van der Waals surface area contributed by atoms with E-state index in [1.54, 1.807) is 24.3 Å². The molecule has 2 aromatic rings. The van der Waals surface area contributed by atoms with E-state index in [4.69, 9.17) is 0 Å². The second-order valence-electron chi connectivity index (χ2n) is 8.53. The first kappa shape index (κ1) is 23.9. The molecule has 162 valence electrons. The lowest BCUT2D eigenvalue weighted by Gasteiger charge is -2.16. The van der Waals surface area contributed by atoms with Gasteiger partial charge in [0.1, 0.15) is 11.2 Å². The summed E-state index contributed by atoms with van der Waals surface area (Å²) in [6, 6.07) is 14.5. The predicted molar refractivity (Wildman–Crippen MR) is 118 cm³/mol. The Hall–Kier alpha value is -2.38. The van der Waals surface area contributed by atoms with Gasteiger partial charge in [0.2, 0.25) is 0 Å². The molecule has 0 spiro atoms. The molecule has 30 heavy (non-hydrogen) atoms. The van der Waals surface area contributed by atoms with E-state index in [2.05, 4.69) is 10.6 Å². The van der Waals surface area contributed by atoms with Crippen LogP contribution >= 0.6 is 0 Å². The van der Waals surface area contributed by atoms with Crippen molar-refractivity contribution < 1.29 is 19.8 Å². The Kier molecular flexibility index (Phi) is 8.03. The molecule has 0 saturated heterocycles. The van der Waals surface area contributed by atoms with Crippen molar-refractivity contribution in [3.05, 3.63) is 70.8 Å². The molecule has 4 N–H and O–H groups in total. The summed E-state index contributed by atoms with van der Waals surface area (Å²) in [5.41, 5.74) is 0.182. The SMILES string of the molecule is CC(C)(O)C(=O)c1cccc(CNCCNCc2cccc(C(=O)C(C)(C)O)c2)c1. The third kappa shape index (κ3) is 7.15. The molecule has 0 atom stereocenters. The lowest BCUT2D eigenvalue weighted by molar-refractivity contribution is 0.0487. The smallest absolute Gasteiger partial charge is 0.193 e. The lowest BCUT2D eigenvalue weighted by Crippen LogP contribution is -2.31. The van der Waals surface area contributed by atoms with Crippen LogP contribution in [-0.2, 0) is 13.1 Å². The van der Waals surface area contributed by atoms with E-state index in [1.165, 1.54) is 27.7 Å². The summed E-state index contributed by atoms with van der Waals surface area (Å²) in [6.07, 6.45) is 0. The standard InChI is InChI=1S/C24H32N2O4/c1-23(2,29)21(27)19-9-5-7-17(13-19)15-25-11-12-26-16-18-8-6-10-20(14-18)22(28)24(3,4)30/h5-10,13-14,25-26,29-30H,11-12,15-16H2,1-4H3. The average molecular weight is 413 g/mol. The van der Waals surface area contributed by atoms with Crippen LogP contribution in [0.1, 0.15) is 59.5 Å². The average Bonchev–Trinajstić information content (AvgIpc) is 2.68. The number of carbonyl (C=O) groups is 2. The summed E-state index contributed by atoms with van der Waals surface area (Å²) in [4.78, 5) is 24.3. The highest BCUT2D eigenvalue weighted by Crippen LogP contribution is 2.15. The van der Waals surface area contributed by atoms with Crippen molar-refractivity contribution >= 4 is 11.6 Å². The maximum absolute atomic E-state index is 12.2. The quantitative estimate of drug-likeness (QED) is 0.334. The van der Waals surface area contributed by atoms with Gasteiger partial charge < -0.3 is 20.8 Å². The maximum atomic E-state index is 12.2. The molecule has 0 fully saturated rings. The summed E-state index contributed by atoms with van der Waals surface area (Å²) in [7, 11) is 0. The Morgan fingerprint density at radius 2 is 1.10 bits per heavy atom. The van der Waals surface area contributed by atoms with Gasteiger partial charge in [0.05, 0.1) is 0 Å². The Balaban J connectivity index is 1.77. The van der Waals surface area contributed by atoms with Crippen LogP contribution in [0.5, 0.6) is 0 Å². The molecule has 0 unspecified atom stereocenters. The van der Waals surface area contributed by atoms with E-state index in [0.717, 1.165) is 24.2 Å².